The summed E-state index contributed by atoms with van der Waals surface area (Å²) in [6.07, 6.45) is 2.77. The molecule has 2 heteroatoms. The molecule has 2 saturated heterocycles. The summed E-state index contributed by atoms with van der Waals surface area (Å²) < 4.78 is 0. The standard InChI is InChI=1S/C12H24P2/c1-7-11(3,4)9-13-10(14(9)13)12(5,6)8-2/h9-10H,7-8H2,1-6H3. The minimum Gasteiger partial charge on any atom is -0.0648 e. The number of rotatable bonds is 4. The fraction of sp³-hybridized carbons (Fsp3) is 1.00. The van der Waals surface area contributed by atoms with Crippen LogP contribution >= 0.6 is 15.2 Å². The van der Waals surface area contributed by atoms with Gasteiger partial charge in [-0.1, -0.05) is 69.6 Å². The van der Waals surface area contributed by atoms with Gasteiger partial charge in [0.2, 0.25) is 0 Å². The number of fused-ring (bicyclic) bond motifs is 1. The second-order valence-electron chi connectivity index (χ2n) is 6.19. The first kappa shape index (κ1) is 11.3. The van der Waals surface area contributed by atoms with Gasteiger partial charge in [0.1, 0.15) is 0 Å². The second kappa shape index (κ2) is 3.18. The minimum atomic E-state index is 0.547. The molecule has 14 heavy (non-hydrogen) atoms. The van der Waals surface area contributed by atoms with Gasteiger partial charge in [-0.15, -0.1) is 0 Å². The molecule has 0 saturated carbocycles. The van der Waals surface area contributed by atoms with E-state index in [1.54, 1.807) is 0 Å². The van der Waals surface area contributed by atoms with E-state index in [9.17, 15) is 0 Å². The molecule has 0 aromatic carbocycles. The van der Waals surface area contributed by atoms with Crippen LogP contribution in [-0.4, -0.2) is 10.8 Å². The Bertz CT molecular complexity index is 211. The van der Waals surface area contributed by atoms with Crippen molar-refractivity contribution < 1.29 is 0 Å². The van der Waals surface area contributed by atoms with Crippen LogP contribution in [0.4, 0.5) is 0 Å². The molecule has 0 nitrogen and oxygen atoms in total. The maximum atomic E-state index is 2.49. The molecule has 0 atom stereocenters. The van der Waals surface area contributed by atoms with Crippen LogP contribution in [0.1, 0.15) is 54.4 Å². The highest BCUT2D eigenvalue weighted by Crippen LogP contribution is 3.22. The average molecular weight is 230 g/mol. The minimum absolute atomic E-state index is 0.547. The van der Waals surface area contributed by atoms with Crippen molar-refractivity contribution in [2.24, 2.45) is 10.8 Å². The van der Waals surface area contributed by atoms with E-state index in [0.717, 1.165) is 0 Å². The molecular weight excluding hydrogens is 206 g/mol. The second-order valence-corrected chi connectivity index (χ2v) is 13.4. The molecule has 2 fully saturated rings. The topological polar surface area (TPSA) is 0 Å². The van der Waals surface area contributed by atoms with Crippen molar-refractivity contribution in [3.05, 3.63) is 0 Å². The molecule has 0 radical (unpaired) electrons. The average Bonchev–Trinajstić information content (AvgIpc) is 2.90. The van der Waals surface area contributed by atoms with E-state index in [2.05, 4.69) is 41.5 Å². The van der Waals surface area contributed by atoms with E-state index in [-0.39, 0.29) is 0 Å². The van der Waals surface area contributed by atoms with Crippen molar-refractivity contribution in [3.8, 4) is 0 Å². The monoisotopic (exact) mass is 230 g/mol. The third-order valence-corrected chi connectivity index (χ3v) is 14.7. The zero-order chi connectivity index (χ0) is 10.7. The third-order valence-electron chi connectivity index (χ3n) is 4.38. The van der Waals surface area contributed by atoms with Gasteiger partial charge < -0.3 is 0 Å². The van der Waals surface area contributed by atoms with E-state index in [1.165, 1.54) is 23.6 Å². The predicted molar refractivity (Wildman–Crippen MR) is 69.6 cm³/mol. The Morgan fingerprint density at radius 2 is 1.07 bits per heavy atom. The Morgan fingerprint density at radius 3 is 1.29 bits per heavy atom. The molecule has 2 aliphatic rings. The summed E-state index contributed by atoms with van der Waals surface area (Å²) in [5.41, 5.74) is 1.36. The van der Waals surface area contributed by atoms with Crippen LogP contribution in [0.3, 0.4) is 0 Å². The zero-order valence-corrected chi connectivity index (χ0v) is 12.3. The molecule has 0 amide bonds. The van der Waals surface area contributed by atoms with Crippen LogP contribution < -0.4 is 0 Å². The van der Waals surface area contributed by atoms with Crippen molar-refractivity contribution in [1.82, 2.24) is 0 Å². The summed E-state index contributed by atoms with van der Waals surface area (Å²) in [4.78, 5) is 0. The van der Waals surface area contributed by atoms with Gasteiger partial charge in [-0.2, -0.15) is 0 Å². The highest BCUT2D eigenvalue weighted by Gasteiger charge is 2.78. The molecule has 0 aromatic heterocycles. The lowest BCUT2D eigenvalue weighted by molar-refractivity contribution is 0.362. The Morgan fingerprint density at radius 1 is 0.786 bits per heavy atom. The summed E-state index contributed by atoms with van der Waals surface area (Å²) in [5.74, 6) is 0. The van der Waals surface area contributed by atoms with E-state index < -0.39 is 0 Å². The van der Waals surface area contributed by atoms with Crippen molar-refractivity contribution in [2.45, 2.75) is 65.2 Å². The largest absolute Gasteiger partial charge is 0.0648 e. The van der Waals surface area contributed by atoms with E-state index in [0.29, 0.717) is 26.1 Å². The van der Waals surface area contributed by atoms with Gasteiger partial charge in [-0.3, -0.25) is 0 Å². The smallest absolute Gasteiger partial charge is 0.0135 e. The highest BCUT2D eigenvalue weighted by atomic mass is 32.2. The molecule has 0 unspecified atom stereocenters. The Hall–Kier alpha value is 0.860. The highest BCUT2D eigenvalue weighted by molar-refractivity contribution is 8.62. The van der Waals surface area contributed by atoms with Gasteiger partial charge in [0.05, 0.1) is 0 Å². The first-order valence-electron chi connectivity index (χ1n) is 5.93. The van der Waals surface area contributed by atoms with Gasteiger partial charge in [0, 0.05) is 10.8 Å². The normalized spacial score (nSPS) is 40.7. The van der Waals surface area contributed by atoms with Crippen LogP contribution in [-0.2, 0) is 0 Å². The quantitative estimate of drug-likeness (QED) is 0.566. The summed E-state index contributed by atoms with van der Waals surface area (Å²) in [6, 6.07) is 0. The van der Waals surface area contributed by atoms with Crippen LogP contribution in [0.25, 0.3) is 0 Å². The summed E-state index contributed by atoms with van der Waals surface area (Å²) in [7, 11) is 1.09. The molecule has 0 aliphatic carbocycles. The van der Waals surface area contributed by atoms with Gasteiger partial charge in [-0.05, 0) is 10.8 Å². The van der Waals surface area contributed by atoms with Crippen molar-refractivity contribution >= 4 is 15.2 Å². The summed E-state index contributed by atoms with van der Waals surface area (Å²) in [5, 5.41) is 2.40. The first-order valence-corrected chi connectivity index (χ1v) is 9.60. The van der Waals surface area contributed by atoms with Gasteiger partial charge in [0.15, 0.2) is 0 Å². The van der Waals surface area contributed by atoms with Crippen molar-refractivity contribution in [1.29, 1.82) is 0 Å². The Balaban J connectivity index is 1.91. The molecular formula is C12H24P2. The van der Waals surface area contributed by atoms with E-state index in [4.69, 9.17) is 0 Å². The molecule has 2 heterocycles. The molecule has 0 spiro atoms. The fourth-order valence-corrected chi connectivity index (χ4v) is 16.2. The van der Waals surface area contributed by atoms with Gasteiger partial charge in [-0.25, -0.2) is 0 Å². The van der Waals surface area contributed by atoms with Crippen LogP contribution in [0, 0.1) is 10.8 Å². The predicted octanol–water partition coefficient (Wildman–Crippen LogP) is 5.42. The third kappa shape index (κ3) is 1.49. The van der Waals surface area contributed by atoms with Crippen LogP contribution in [0.15, 0.2) is 0 Å². The maximum absolute atomic E-state index is 2.49. The van der Waals surface area contributed by atoms with Crippen LogP contribution in [0.5, 0.6) is 0 Å². The van der Waals surface area contributed by atoms with Crippen molar-refractivity contribution in [2.75, 3.05) is 0 Å². The summed E-state index contributed by atoms with van der Waals surface area (Å²) in [6.45, 7) is 14.7. The van der Waals surface area contributed by atoms with E-state index in [1.807, 2.05) is 0 Å². The maximum Gasteiger partial charge on any atom is 0.0135 e. The Kier molecular flexibility index (Phi) is 2.58. The first-order chi connectivity index (χ1) is 6.37. The van der Waals surface area contributed by atoms with Gasteiger partial charge >= 0.3 is 0 Å². The van der Waals surface area contributed by atoms with E-state index >= 15 is 0 Å². The molecule has 2 aliphatic heterocycles. The lowest BCUT2D eigenvalue weighted by atomic mass is 9.92. The molecule has 0 aromatic rings. The molecule has 0 bridgehead atoms. The SMILES string of the molecule is CCC(C)(C)C1P2C(C(C)(C)CC)P12. The molecule has 2 rings (SSSR count). The lowest BCUT2D eigenvalue weighted by Gasteiger charge is -2.33. The molecule has 82 valence electrons. The van der Waals surface area contributed by atoms with Crippen LogP contribution in [0.2, 0.25) is 0 Å². The zero-order valence-electron chi connectivity index (χ0n) is 10.5. The Labute approximate surface area is 91.6 Å². The van der Waals surface area contributed by atoms with Crippen molar-refractivity contribution in [3.63, 3.8) is 0 Å². The fourth-order valence-electron chi connectivity index (χ4n) is 2.39. The molecule has 0 N–H and O–H groups in total. The lowest BCUT2D eigenvalue weighted by Crippen LogP contribution is -2.26. The number of hydrogen-bond donors (Lipinski definition) is 0. The van der Waals surface area contributed by atoms with Gasteiger partial charge in [0.25, 0.3) is 0 Å². The summed E-state index contributed by atoms with van der Waals surface area (Å²) >= 11 is 0. The number of hydrogen-bond acceptors (Lipinski definition) is 0.